The maximum Gasteiger partial charge on any atom is 0.344 e. The minimum Gasteiger partial charge on any atom is -0.452 e. The molecule has 3 rings (SSSR count). The van der Waals surface area contributed by atoms with E-state index < -0.39 is 51.6 Å². The predicted molar refractivity (Wildman–Crippen MR) is 97.3 cm³/mol. The highest BCUT2D eigenvalue weighted by Gasteiger charge is 2.32. The van der Waals surface area contributed by atoms with Crippen LogP contribution < -0.4 is 4.90 Å². The summed E-state index contributed by atoms with van der Waals surface area (Å²) in [6, 6.07) is 10.3. The largest absolute Gasteiger partial charge is 0.452 e. The molecule has 0 saturated heterocycles. The van der Waals surface area contributed by atoms with Crippen LogP contribution >= 0.6 is 0 Å². The Morgan fingerprint density at radius 1 is 1.04 bits per heavy atom. The number of anilines is 1. The highest BCUT2D eigenvalue weighted by molar-refractivity contribution is 7.94. The third kappa shape index (κ3) is 4.25. The number of para-hydroxylation sites is 1. The van der Waals surface area contributed by atoms with Gasteiger partial charge in [0.2, 0.25) is 0 Å². The average molecular weight is 407 g/mol. The number of carbonyl (C=O) groups excluding carboxylic acids is 2. The van der Waals surface area contributed by atoms with Crippen LogP contribution in [0, 0.1) is 11.6 Å². The SMILES string of the molecule is O=C(OCC(=O)N(c1ccccc1)[C@H]1C=CS(=O)(=O)C1)c1c(F)cccc1F. The third-order valence-electron chi connectivity index (χ3n) is 4.04. The van der Waals surface area contributed by atoms with Gasteiger partial charge in [0.05, 0.1) is 11.8 Å². The molecule has 0 spiro atoms. The van der Waals surface area contributed by atoms with E-state index in [0.717, 1.165) is 23.6 Å². The Labute approximate surface area is 160 Å². The molecule has 0 radical (unpaired) electrons. The number of carbonyl (C=O) groups is 2. The van der Waals surface area contributed by atoms with Crippen molar-refractivity contribution in [1.29, 1.82) is 0 Å². The van der Waals surface area contributed by atoms with Crippen LogP contribution in [0.2, 0.25) is 0 Å². The molecule has 0 fully saturated rings. The van der Waals surface area contributed by atoms with E-state index in [1.54, 1.807) is 30.3 Å². The molecule has 0 bridgehead atoms. The fraction of sp³-hybridized carbons (Fsp3) is 0.158. The quantitative estimate of drug-likeness (QED) is 0.712. The van der Waals surface area contributed by atoms with Gasteiger partial charge in [-0.2, -0.15) is 0 Å². The highest BCUT2D eigenvalue weighted by Crippen LogP contribution is 2.23. The van der Waals surface area contributed by atoms with Gasteiger partial charge in [0.1, 0.15) is 17.2 Å². The van der Waals surface area contributed by atoms with E-state index in [-0.39, 0.29) is 5.75 Å². The third-order valence-corrected chi connectivity index (χ3v) is 5.42. The lowest BCUT2D eigenvalue weighted by atomic mass is 10.2. The predicted octanol–water partition coefficient (Wildman–Crippen LogP) is 2.47. The van der Waals surface area contributed by atoms with Gasteiger partial charge >= 0.3 is 5.97 Å². The minimum atomic E-state index is -3.45. The molecular weight excluding hydrogens is 392 g/mol. The van der Waals surface area contributed by atoms with Gasteiger partial charge in [-0.05, 0) is 30.3 Å². The van der Waals surface area contributed by atoms with Crippen LogP contribution in [-0.2, 0) is 19.4 Å². The molecule has 1 heterocycles. The highest BCUT2D eigenvalue weighted by atomic mass is 32.2. The Hall–Kier alpha value is -3.07. The first-order chi connectivity index (χ1) is 13.3. The van der Waals surface area contributed by atoms with E-state index in [1.807, 2.05) is 0 Å². The van der Waals surface area contributed by atoms with Crippen LogP contribution in [0.5, 0.6) is 0 Å². The second-order valence-electron chi connectivity index (χ2n) is 6.00. The van der Waals surface area contributed by atoms with Crippen molar-refractivity contribution >= 4 is 27.4 Å². The molecule has 0 aromatic heterocycles. The van der Waals surface area contributed by atoms with Crippen LogP contribution in [0.1, 0.15) is 10.4 Å². The summed E-state index contributed by atoms with van der Waals surface area (Å²) >= 11 is 0. The van der Waals surface area contributed by atoms with Crippen LogP contribution in [0.4, 0.5) is 14.5 Å². The van der Waals surface area contributed by atoms with Crippen LogP contribution in [0.3, 0.4) is 0 Å². The molecule has 0 aliphatic carbocycles. The first-order valence-electron chi connectivity index (χ1n) is 8.18. The number of esters is 1. The van der Waals surface area contributed by atoms with Crippen molar-refractivity contribution in [1.82, 2.24) is 0 Å². The number of sulfone groups is 1. The van der Waals surface area contributed by atoms with Crippen molar-refractivity contribution < 1.29 is 31.5 Å². The summed E-state index contributed by atoms with van der Waals surface area (Å²) in [5.41, 5.74) is -0.503. The second-order valence-corrected chi connectivity index (χ2v) is 7.93. The van der Waals surface area contributed by atoms with Crippen molar-refractivity contribution in [2.45, 2.75) is 6.04 Å². The zero-order valence-corrected chi connectivity index (χ0v) is 15.2. The number of ether oxygens (including phenoxy) is 1. The van der Waals surface area contributed by atoms with Gasteiger partial charge in [0, 0.05) is 11.1 Å². The minimum absolute atomic E-state index is 0.316. The summed E-state index contributed by atoms with van der Waals surface area (Å²) in [6.07, 6.45) is 1.36. The van der Waals surface area contributed by atoms with Gasteiger partial charge < -0.3 is 9.64 Å². The summed E-state index contributed by atoms with van der Waals surface area (Å²) in [5, 5.41) is 1.02. The second kappa shape index (κ2) is 7.89. The number of rotatable bonds is 5. The fourth-order valence-corrected chi connectivity index (χ4v) is 4.06. The topological polar surface area (TPSA) is 80.8 Å². The van der Waals surface area contributed by atoms with Crippen molar-refractivity contribution in [3.63, 3.8) is 0 Å². The first-order valence-corrected chi connectivity index (χ1v) is 9.89. The zero-order chi connectivity index (χ0) is 20.3. The molecule has 0 saturated carbocycles. The van der Waals surface area contributed by atoms with Crippen LogP contribution in [0.15, 0.2) is 60.0 Å². The summed E-state index contributed by atoms with van der Waals surface area (Å²) in [5.74, 6) is -4.59. The Morgan fingerprint density at radius 2 is 1.68 bits per heavy atom. The molecular formula is C19H15F2NO5S. The molecule has 1 amide bonds. The lowest BCUT2D eigenvalue weighted by Crippen LogP contribution is -2.43. The standard InChI is InChI=1S/C19H15F2NO5S/c20-15-7-4-8-16(21)18(15)19(24)27-11-17(23)22(13-5-2-1-3-6-13)14-9-10-28(25,26)12-14/h1-10,14H,11-12H2/t14-/m0/s1. The molecule has 0 N–H and O–H groups in total. The monoisotopic (exact) mass is 407 g/mol. The molecule has 6 nitrogen and oxygen atoms in total. The average Bonchev–Trinajstić information content (AvgIpc) is 3.00. The zero-order valence-electron chi connectivity index (χ0n) is 14.4. The number of amides is 1. The van der Waals surface area contributed by atoms with Crippen molar-refractivity contribution in [3.05, 3.63) is 77.2 Å². The molecule has 1 aliphatic rings. The number of halogens is 2. The maximum absolute atomic E-state index is 13.7. The molecule has 28 heavy (non-hydrogen) atoms. The summed E-state index contributed by atoms with van der Waals surface area (Å²) < 4.78 is 55.6. The molecule has 1 atom stereocenters. The van der Waals surface area contributed by atoms with E-state index in [0.29, 0.717) is 5.69 Å². The first kappa shape index (κ1) is 19.7. The Bertz CT molecular complexity index is 1020. The van der Waals surface area contributed by atoms with Crippen LogP contribution in [0.25, 0.3) is 0 Å². The number of hydrogen-bond donors (Lipinski definition) is 0. The number of nitrogens with zero attached hydrogens (tertiary/aromatic N) is 1. The van der Waals surface area contributed by atoms with E-state index >= 15 is 0 Å². The fourth-order valence-electron chi connectivity index (χ4n) is 2.79. The van der Waals surface area contributed by atoms with Gasteiger partial charge in [-0.15, -0.1) is 0 Å². The summed E-state index contributed by atoms with van der Waals surface area (Å²) in [4.78, 5) is 25.8. The van der Waals surface area contributed by atoms with Crippen LogP contribution in [-0.4, -0.2) is 38.7 Å². The van der Waals surface area contributed by atoms with E-state index in [2.05, 4.69) is 0 Å². The Balaban J connectivity index is 1.79. The smallest absolute Gasteiger partial charge is 0.344 e. The Morgan fingerprint density at radius 3 is 2.25 bits per heavy atom. The van der Waals surface area contributed by atoms with Gasteiger partial charge in [-0.1, -0.05) is 24.3 Å². The van der Waals surface area contributed by atoms with Gasteiger partial charge in [-0.3, -0.25) is 4.79 Å². The van der Waals surface area contributed by atoms with E-state index in [4.69, 9.17) is 4.74 Å². The molecule has 2 aromatic carbocycles. The normalized spacial score (nSPS) is 17.3. The van der Waals surface area contributed by atoms with Gasteiger partial charge in [-0.25, -0.2) is 22.0 Å². The Kier molecular flexibility index (Phi) is 5.55. The molecule has 146 valence electrons. The number of benzene rings is 2. The molecule has 2 aromatic rings. The van der Waals surface area contributed by atoms with Gasteiger partial charge in [0.15, 0.2) is 16.4 Å². The number of hydrogen-bond acceptors (Lipinski definition) is 5. The van der Waals surface area contributed by atoms with Crippen molar-refractivity contribution in [2.75, 3.05) is 17.3 Å². The lowest BCUT2D eigenvalue weighted by Gasteiger charge is -2.27. The van der Waals surface area contributed by atoms with E-state index in [9.17, 15) is 26.8 Å². The summed E-state index contributed by atoms with van der Waals surface area (Å²) in [7, 11) is -3.45. The molecule has 9 heteroatoms. The van der Waals surface area contributed by atoms with E-state index in [1.165, 1.54) is 11.0 Å². The van der Waals surface area contributed by atoms with Gasteiger partial charge in [0.25, 0.3) is 5.91 Å². The molecule has 0 unspecified atom stereocenters. The van der Waals surface area contributed by atoms with Crippen molar-refractivity contribution in [2.24, 2.45) is 0 Å². The maximum atomic E-state index is 13.7. The summed E-state index contributed by atoms with van der Waals surface area (Å²) in [6.45, 7) is -0.814. The molecule has 1 aliphatic heterocycles. The lowest BCUT2D eigenvalue weighted by molar-refractivity contribution is -0.121. The van der Waals surface area contributed by atoms with Crippen molar-refractivity contribution in [3.8, 4) is 0 Å².